The smallest absolute Gasteiger partial charge is 0.244 e. The summed E-state index contributed by atoms with van der Waals surface area (Å²) >= 11 is 3.20. The Morgan fingerprint density at radius 3 is 2.65 bits per heavy atom. The fourth-order valence-electron chi connectivity index (χ4n) is 1.38. The third-order valence-electron chi connectivity index (χ3n) is 2.12. The maximum Gasteiger partial charge on any atom is 0.244 e. The van der Waals surface area contributed by atoms with E-state index in [2.05, 4.69) is 20.9 Å². The first-order valence-electron chi connectivity index (χ1n) is 5.19. The van der Waals surface area contributed by atoms with Crippen molar-refractivity contribution in [2.45, 2.75) is 18.2 Å². The molecule has 17 heavy (non-hydrogen) atoms. The van der Waals surface area contributed by atoms with E-state index in [-0.39, 0.29) is 4.90 Å². The fraction of sp³-hybridized carbons (Fsp3) is 0.500. The number of rotatable bonds is 6. The molecule has 1 heterocycles. The van der Waals surface area contributed by atoms with Gasteiger partial charge >= 0.3 is 0 Å². The molecule has 0 fully saturated rings. The Labute approximate surface area is 109 Å². The van der Waals surface area contributed by atoms with Gasteiger partial charge in [-0.2, -0.15) is 4.31 Å². The van der Waals surface area contributed by atoms with Gasteiger partial charge in [-0.25, -0.2) is 12.8 Å². The maximum atomic E-state index is 13.0. The highest BCUT2D eigenvalue weighted by atomic mass is 79.9. The molecule has 0 saturated heterocycles. The van der Waals surface area contributed by atoms with Gasteiger partial charge in [0.25, 0.3) is 0 Å². The van der Waals surface area contributed by atoms with Crippen LogP contribution in [0.5, 0.6) is 0 Å². The molecular formula is C10H14BrFN2O2S. The van der Waals surface area contributed by atoms with Crippen molar-refractivity contribution in [1.82, 2.24) is 9.29 Å². The molecule has 0 amide bonds. The van der Waals surface area contributed by atoms with E-state index in [1.54, 1.807) is 0 Å². The molecule has 0 aliphatic rings. The van der Waals surface area contributed by atoms with Crippen LogP contribution in [-0.4, -0.2) is 36.1 Å². The molecule has 1 aromatic rings. The predicted octanol–water partition coefficient (Wildman–Crippen LogP) is 2.02. The van der Waals surface area contributed by atoms with Gasteiger partial charge in [0.2, 0.25) is 10.0 Å². The number of sulfonamides is 1. The molecule has 0 aromatic carbocycles. The minimum absolute atomic E-state index is 0.105. The summed E-state index contributed by atoms with van der Waals surface area (Å²) in [6.07, 6.45) is 2.85. The molecule has 0 radical (unpaired) electrons. The molecule has 1 aromatic heterocycles. The molecule has 0 saturated carbocycles. The van der Waals surface area contributed by atoms with Crippen molar-refractivity contribution in [3.63, 3.8) is 0 Å². The molecule has 0 unspecified atom stereocenters. The molecule has 0 spiro atoms. The molecule has 96 valence electrons. The second-order valence-corrected chi connectivity index (χ2v) is 6.16. The third-order valence-corrected chi connectivity index (χ3v) is 4.34. The summed E-state index contributed by atoms with van der Waals surface area (Å²) in [5.41, 5.74) is 0. The van der Waals surface area contributed by atoms with Crippen molar-refractivity contribution >= 4 is 26.0 Å². The van der Waals surface area contributed by atoms with E-state index in [1.807, 2.05) is 6.92 Å². The monoisotopic (exact) mass is 324 g/mol. The van der Waals surface area contributed by atoms with Gasteiger partial charge in [0, 0.05) is 24.6 Å². The van der Waals surface area contributed by atoms with Crippen LogP contribution in [0.15, 0.2) is 23.4 Å². The lowest BCUT2D eigenvalue weighted by Gasteiger charge is -2.20. The average Bonchev–Trinajstić information content (AvgIpc) is 2.29. The van der Waals surface area contributed by atoms with Gasteiger partial charge < -0.3 is 0 Å². The van der Waals surface area contributed by atoms with Crippen molar-refractivity contribution in [2.24, 2.45) is 0 Å². The zero-order valence-corrected chi connectivity index (χ0v) is 11.8. The van der Waals surface area contributed by atoms with Gasteiger partial charge in [0.15, 0.2) is 0 Å². The summed E-state index contributed by atoms with van der Waals surface area (Å²) in [5.74, 6) is -0.652. The predicted molar refractivity (Wildman–Crippen MR) is 67.0 cm³/mol. The summed E-state index contributed by atoms with van der Waals surface area (Å²) in [7, 11) is -3.65. The molecule has 0 N–H and O–H groups in total. The van der Waals surface area contributed by atoms with Crippen molar-refractivity contribution in [3.05, 3.63) is 24.3 Å². The summed E-state index contributed by atoms with van der Waals surface area (Å²) in [4.78, 5) is 3.46. The SMILES string of the molecule is CCCN(CCBr)S(=O)(=O)c1cncc(F)c1. The van der Waals surface area contributed by atoms with Gasteiger partial charge in [-0.15, -0.1) is 0 Å². The maximum absolute atomic E-state index is 13.0. The Bertz CT molecular complexity index is 461. The first-order chi connectivity index (χ1) is 8.02. The second-order valence-electron chi connectivity index (χ2n) is 3.43. The van der Waals surface area contributed by atoms with E-state index in [0.717, 1.165) is 18.5 Å². The number of hydrogen-bond donors (Lipinski definition) is 0. The van der Waals surface area contributed by atoms with Crippen LogP contribution in [0.2, 0.25) is 0 Å². The van der Waals surface area contributed by atoms with Crippen molar-refractivity contribution in [3.8, 4) is 0 Å². The highest BCUT2D eigenvalue weighted by molar-refractivity contribution is 9.09. The van der Waals surface area contributed by atoms with Crippen LogP contribution >= 0.6 is 15.9 Å². The lowest BCUT2D eigenvalue weighted by atomic mass is 10.5. The minimum Gasteiger partial charge on any atom is -0.260 e. The van der Waals surface area contributed by atoms with E-state index in [0.29, 0.717) is 24.8 Å². The van der Waals surface area contributed by atoms with E-state index < -0.39 is 15.8 Å². The molecule has 7 heteroatoms. The van der Waals surface area contributed by atoms with Crippen molar-refractivity contribution in [1.29, 1.82) is 0 Å². The van der Waals surface area contributed by atoms with Crippen LogP contribution in [-0.2, 0) is 10.0 Å². The third kappa shape index (κ3) is 3.72. The Balaban J connectivity index is 3.07. The lowest BCUT2D eigenvalue weighted by Crippen LogP contribution is -2.33. The van der Waals surface area contributed by atoms with Crippen molar-refractivity contribution < 1.29 is 12.8 Å². The molecule has 4 nitrogen and oxygen atoms in total. The molecule has 0 aliphatic heterocycles. The highest BCUT2D eigenvalue weighted by Crippen LogP contribution is 2.16. The number of pyridine rings is 1. The van der Waals surface area contributed by atoms with E-state index in [9.17, 15) is 12.8 Å². The standard InChI is InChI=1S/C10H14BrFN2O2S/c1-2-4-14(5-3-11)17(15,16)10-6-9(12)7-13-8-10/h6-8H,2-5H2,1H3. The summed E-state index contributed by atoms with van der Waals surface area (Å²) in [6.45, 7) is 2.65. The van der Waals surface area contributed by atoms with Crippen LogP contribution in [0, 0.1) is 5.82 Å². The fourth-order valence-corrected chi connectivity index (χ4v) is 3.55. The molecule has 0 aliphatic carbocycles. The number of aromatic nitrogens is 1. The van der Waals surface area contributed by atoms with Crippen molar-refractivity contribution in [2.75, 3.05) is 18.4 Å². The molecule has 0 bridgehead atoms. The number of halogens is 2. The lowest BCUT2D eigenvalue weighted by molar-refractivity contribution is 0.429. The number of alkyl halides is 1. The summed E-state index contributed by atoms with van der Waals surface area (Å²) in [5, 5.41) is 0.537. The Kier molecular flexibility index (Phi) is 5.48. The zero-order valence-electron chi connectivity index (χ0n) is 9.44. The average molecular weight is 325 g/mol. The molecule has 0 atom stereocenters. The first-order valence-corrected chi connectivity index (χ1v) is 7.75. The molecular weight excluding hydrogens is 311 g/mol. The van der Waals surface area contributed by atoms with Crippen LogP contribution in [0.25, 0.3) is 0 Å². The zero-order chi connectivity index (χ0) is 12.9. The number of nitrogens with zero attached hydrogens (tertiary/aromatic N) is 2. The normalized spacial score (nSPS) is 12.0. The van der Waals surface area contributed by atoms with Gasteiger partial charge in [-0.3, -0.25) is 4.98 Å². The minimum atomic E-state index is -3.65. The van der Waals surface area contributed by atoms with E-state index >= 15 is 0 Å². The first kappa shape index (κ1) is 14.5. The Morgan fingerprint density at radius 1 is 1.41 bits per heavy atom. The van der Waals surface area contributed by atoms with Gasteiger partial charge in [0.05, 0.1) is 6.20 Å². The van der Waals surface area contributed by atoms with Crippen LogP contribution in [0.3, 0.4) is 0 Å². The molecule has 1 rings (SSSR count). The second kappa shape index (κ2) is 6.42. The van der Waals surface area contributed by atoms with Crippen LogP contribution < -0.4 is 0 Å². The number of hydrogen-bond acceptors (Lipinski definition) is 3. The quantitative estimate of drug-likeness (QED) is 0.752. The van der Waals surface area contributed by atoms with Gasteiger partial charge in [-0.1, -0.05) is 22.9 Å². The Hall–Kier alpha value is -0.530. The van der Waals surface area contributed by atoms with Gasteiger partial charge in [0.1, 0.15) is 10.7 Å². The topological polar surface area (TPSA) is 50.3 Å². The van der Waals surface area contributed by atoms with E-state index in [1.165, 1.54) is 4.31 Å². The largest absolute Gasteiger partial charge is 0.260 e. The van der Waals surface area contributed by atoms with Crippen LogP contribution in [0.4, 0.5) is 4.39 Å². The summed E-state index contributed by atoms with van der Waals surface area (Å²) in [6, 6.07) is 0.985. The Morgan fingerprint density at radius 2 is 2.12 bits per heavy atom. The highest BCUT2D eigenvalue weighted by Gasteiger charge is 2.23. The van der Waals surface area contributed by atoms with Crippen LogP contribution in [0.1, 0.15) is 13.3 Å². The van der Waals surface area contributed by atoms with Gasteiger partial charge in [-0.05, 0) is 12.5 Å². The summed E-state index contributed by atoms with van der Waals surface area (Å²) < 4.78 is 38.6. The van der Waals surface area contributed by atoms with E-state index in [4.69, 9.17) is 0 Å².